The number of thioether (sulfide) groups is 1. The Labute approximate surface area is 146 Å². The van der Waals surface area contributed by atoms with Gasteiger partial charge in [-0.3, -0.25) is 9.59 Å². The molecular weight excluding hydrogens is 308 g/mol. The highest BCUT2D eigenvalue weighted by atomic mass is 32.2. The van der Waals surface area contributed by atoms with Crippen molar-refractivity contribution in [1.29, 1.82) is 0 Å². The zero-order valence-corrected chi connectivity index (χ0v) is 15.8. The van der Waals surface area contributed by atoms with Gasteiger partial charge in [-0.25, -0.2) is 0 Å². The molecule has 0 radical (unpaired) electrons. The third kappa shape index (κ3) is 10.6. The van der Waals surface area contributed by atoms with Crippen molar-refractivity contribution in [3.8, 4) is 0 Å². The summed E-state index contributed by atoms with van der Waals surface area (Å²) in [7, 11) is 0. The average Bonchev–Trinajstić information content (AvgIpc) is 2.55. The summed E-state index contributed by atoms with van der Waals surface area (Å²) >= 11 is 1.05. The lowest BCUT2D eigenvalue weighted by molar-refractivity contribution is -0.118. The van der Waals surface area contributed by atoms with Gasteiger partial charge in [0, 0.05) is 18.0 Å². The lowest BCUT2D eigenvalue weighted by Crippen LogP contribution is -2.19. The van der Waals surface area contributed by atoms with E-state index in [1.165, 1.54) is 32.1 Å². The fourth-order valence-electron chi connectivity index (χ4n) is 2.56. The molecule has 134 valence electrons. The normalized spacial score (nSPS) is 13.4. The Kier molecular flexibility index (Phi) is 14.2. The van der Waals surface area contributed by atoms with Crippen LogP contribution in [0.4, 0.5) is 0 Å². The van der Waals surface area contributed by atoms with E-state index in [1.54, 1.807) is 0 Å². The quantitative estimate of drug-likeness (QED) is 0.267. The Morgan fingerprint density at radius 2 is 1.70 bits per heavy atom. The number of carbonyl (C=O) groups is 2. The van der Waals surface area contributed by atoms with E-state index in [4.69, 9.17) is 5.73 Å². The van der Waals surface area contributed by atoms with Gasteiger partial charge in [-0.1, -0.05) is 45.4 Å². The number of nitrogens with two attached hydrogens (primary N) is 1. The van der Waals surface area contributed by atoms with Crippen LogP contribution in [0.2, 0.25) is 0 Å². The van der Waals surface area contributed by atoms with E-state index >= 15 is 0 Å². The molecule has 23 heavy (non-hydrogen) atoms. The lowest BCUT2D eigenvalue weighted by Gasteiger charge is -2.14. The Balaban J connectivity index is 4.09. The lowest BCUT2D eigenvalue weighted by atomic mass is 9.94. The maximum absolute atomic E-state index is 12.4. The molecule has 4 nitrogen and oxygen atoms in total. The van der Waals surface area contributed by atoms with Gasteiger partial charge in [-0.05, 0) is 45.0 Å². The summed E-state index contributed by atoms with van der Waals surface area (Å²) in [5.41, 5.74) is 6.92. The number of rotatable bonds is 15. The van der Waals surface area contributed by atoms with Crippen molar-refractivity contribution in [2.75, 3.05) is 13.1 Å². The van der Waals surface area contributed by atoms with Crippen LogP contribution < -0.4 is 11.1 Å². The summed E-state index contributed by atoms with van der Waals surface area (Å²) < 4.78 is 0. The van der Waals surface area contributed by atoms with Gasteiger partial charge in [0.05, 0.1) is 5.03 Å². The number of hydrogen-bond acceptors (Lipinski definition) is 5. The molecule has 0 bridgehead atoms. The van der Waals surface area contributed by atoms with Gasteiger partial charge in [0.25, 0.3) is 0 Å². The third-order valence-corrected chi connectivity index (χ3v) is 4.78. The molecule has 0 aromatic rings. The van der Waals surface area contributed by atoms with Crippen LogP contribution in [0.25, 0.3) is 0 Å². The molecule has 0 aliphatic carbocycles. The summed E-state index contributed by atoms with van der Waals surface area (Å²) in [6.45, 7) is 7.26. The summed E-state index contributed by atoms with van der Waals surface area (Å²) in [5.74, 6) is 0.173. The molecule has 0 heterocycles. The first kappa shape index (κ1) is 22.2. The zero-order chi connectivity index (χ0) is 17.5. The number of nitrogens with one attached hydrogen (secondary N) is 1. The summed E-state index contributed by atoms with van der Waals surface area (Å²) in [6.07, 6.45) is 9.33. The molecule has 3 N–H and O–H groups in total. The van der Waals surface area contributed by atoms with Crippen LogP contribution in [0.5, 0.6) is 0 Å². The van der Waals surface area contributed by atoms with Gasteiger partial charge >= 0.3 is 0 Å². The van der Waals surface area contributed by atoms with Crippen molar-refractivity contribution in [2.24, 2.45) is 11.7 Å². The van der Waals surface area contributed by atoms with Crippen LogP contribution in [-0.2, 0) is 9.59 Å². The first-order valence-corrected chi connectivity index (χ1v) is 9.75. The van der Waals surface area contributed by atoms with Crippen LogP contribution in [-0.4, -0.2) is 24.5 Å². The standard InChI is InChI=1S/C18H34N2O2S/c1-4-20-18(23-14-21)16(3)17(22)15(2)12-10-8-6-5-7-9-11-13-19/h14-15,20H,4-13,19H2,1-3H3/b18-16-. The highest BCUT2D eigenvalue weighted by Crippen LogP contribution is 2.21. The van der Waals surface area contributed by atoms with Gasteiger partial charge in [-0.15, -0.1) is 0 Å². The number of Topliss-reactive ketones (excluding diaryl/α,β-unsaturated/α-hetero) is 1. The number of allylic oxidation sites excluding steroid dienone is 1. The van der Waals surface area contributed by atoms with Crippen LogP contribution in [0.1, 0.15) is 72.1 Å². The van der Waals surface area contributed by atoms with E-state index in [9.17, 15) is 9.59 Å². The highest BCUT2D eigenvalue weighted by molar-refractivity contribution is 8.15. The molecule has 0 saturated heterocycles. The van der Waals surface area contributed by atoms with E-state index in [0.29, 0.717) is 17.1 Å². The molecular formula is C18H34N2O2S. The van der Waals surface area contributed by atoms with Crippen LogP contribution >= 0.6 is 11.8 Å². The Morgan fingerprint density at radius 3 is 2.22 bits per heavy atom. The molecule has 0 aliphatic heterocycles. The van der Waals surface area contributed by atoms with Crippen LogP contribution in [0.15, 0.2) is 10.6 Å². The summed E-state index contributed by atoms with van der Waals surface area (Å²) in [5, 5.41) is 3.80. The fraction of sp³-hybridized carbons (Fsp3) is 0.778. The van der Waals surface area contributed by atoms with E-state index in [1.807, 2.05) is 20.8 Å². The van der Waals surface area contributed by atoms with Crippen LogP contribution in [0.3, 0.4) is 0 Å². The predicted octanol–water partition coefficient (Wildman–Crippen LogP) is 4.04. The molecule has 1 atom stereocenters. The topological polar surface area (TPSA) is 72.2 Å². The highest BCUT2D eigenvalue weighted by Gasteiger charge is 2.17. The molecule has 5 heteroatoms. The number of carbonyl (C=O) groups excluding carboxylic acids is 2. The zero-order valence-electron chi connectivity index (χ0n) is 15.0. The van der Waals surface area contributed by atoms with Gasteiger partial charge in [-0.2, -0.15) is 0 Å². The molecule has 0 aliphatic rings. The third-order valence-electron chi connectivity index (χ3n) is 4.00. The second-order valence-electron chi connectivity index (χ2n) is 6.02. The van der Waals surface area contributed by atoms with Crippen molar-refractivity contribution in [3.05, 3.63) is 10.6 Å². The first-order valence-electron chi connectivity index (χ1n) is 8.87. The maximum atomic E-state index is 12.4. The van der Waals surface area contributed by atoms with Crippen LogP contribution in [0, 0.1) is 5.92 Å². The molecule has 0 rings (SSSR count). The molecule has 0 aromatic carbocycles. The molecule has 1 unspecified atom stereocenters. The number of unbranched alkanes of at least 4 members (excludes halogenated alkanes) is 6. The average molecular weight is 343 g/mol. The number of hydrogen-bond donors (Lipinski definition) is 2. The van der Waals surface area contributed by atoms with E-state index in [2.05, 4.69) is 5.32 Å². The van der Waals surface area contributed by atoms with Crippen molar-refractivity contribution in [3.63, 3.8) is 0 Å². The van der Waals surface area contributed by atoms with Gasteiger partial charge < -0.3 is 11.1 Å². The first-order chi connectivity index (χ1) is 11.1. The molecule has 0 spiro atoms. The van der Waals surface area contributed by atoms with Gasteiger partial charge in [0.15, 0.2) is 11.4 Å². The minimum absolute atomic E-state index is 0.0214. The Hall–Kier alpha value is -0.810. The fourth-order valence-corrected chi connectivity index (χ4v) is 3.16. The maximum Gasteiger partial charge on any atom is 0.182 e. The SMILES string of the molecule is CCN/C(SC=O)=C(\C)C(=O)C(C)CCCCCCCCCN. The van der Waals surface area contributed by atoms with E-state index < -0.39 is 0 Å². The van der Waals surface area contributed by atoms with Gasteiger partial charge in [0.2, 0.25) is 0 Å². The molecule has 0 fully saturated rings. The smallest absolute Gasteiger partial charge is 0.182 e. The van der Waals surface area contributed by atoms with E-state index in [0.717, 1.165) is 43.2 Å². The second kappa shape index (κ2) is 14.8. The molecule has 0 aromatic heterocycles. The van der Waals surface area contributed by atoms with Crippen molar-refractivity contribution < 1.29 is 9.59 Å². The van der Waals surface area contributed by atoms with E-state index in [-0.39, 0.29) is 11.7 Å². The predicted molar refractivity (Wildman–Crippen MR) is 101 cm³/mol. The Bertz CT molecular complexity index is 370. The van der Waals surface area contributed by atoms with Crippen molar-refractivity contribution in [1.82, 2.24) is 5.32 Å². The monoisotopic (exact) mass is 342 g/mol. The molecule has 0 saturated carbocycles. The van der Waals surface area contributed by atoms with Crippen molar-refractivity contribution in [2.45, 2.75) is 72.1 Å². The minimum Gasteiger partial charge on any atom is -0.379 e. The van der Waals surface area contributed by atoms with Crippen molar-refractivity contribution >= 4 is 23.2 Å². The molecule has 0 amide bonds. The largest absolute Gasteiger partial charge is 0.379 e. The second-order valence-corrected chi connectivity index (χ2v) is 6.85. The van der Waals surface area contributed by atoms with Gasteiger partial charge in [0.1, 0.15) is 0 Å². The summed E-state index contributed by atoms with van der Waals surface area (Å²) in [6, 6.07) is 0. The minimum atomic E-state index is 0.0214. The number of ketones is 1. The summed E-state index contributed by atoms with van der Waals surface area (Å²) in [4.78, 5) is 23.1. The Morgan fingerprint density at radius 1 is 1.13 bits per heavy atom.